The lowest BCUT2D eigenvalue weighted by atomic mass is 10.0. The lowest BCUT2D eigenvalue weighted by Gasteiger charge is -2.34. The summed E-state index contributed by atoms with van der Waals surface area (Å²) in [5.74, 6) is 0.301. The van der Waals surface area contributed by atoms with E-state index >= 15 is 0 Å². The van der Waals surface area contributed by atoms with Crippen molar-refractivity contribution in [3.8, 4) is 5.75 Å². The van der Waals surface area contributed by atoms with Crippen molar-refractivity contribution in [2.45, 2.75) is 45.8 Å². The van der Waals surface area contributed by atoms with Crippen LogP contribution in [0.15, 0.2) is 47.4 Å². The van der Waals surface area contributed by atoms with Crippen LogP contribution in [-0.4, -0.2) is 59.3 Å². The number of carbonyl (C=O) groups is 1. The number of piperidine rings is 1. The highest BCUT2D eigenvalue weighted by atomic mass is 35.5. The molecule has 1 fully saturated rings. The third-order valence-electron chi connectivity index (χ3n) is 7.37. The molecule has 1 aliphatic heterocycles. The number of carbonyl (C=O) groups excluding carboxylic acids is 1. The fraction of sp³-hybridized carbons (Fsp3) is 0.367. The summed E-state index contributed by atoms with van der Waals surface area (Å²) in [4.78, 5) is 41.9. The van der Waals surface area contributed by atoms with Crippen molar-refractivity contribution in [2.24, 2.45) is 7.05 Å². The molecule has 44 heavy (non-hydrogen) atoms. The SMILES string of the molecule is Cc1cc([C@@H](C)Nc2ccc(Cl)nc2C(=O)NS(C)(=O)=O)c2nc(N3CCC[C@@H](Oc4ccc(C)nc4)C3)n(C)c(=O)c2c1. The molecular formula is C30H34ClN7O5S. The summed E-state index contributed by atoms with van der Waals surface area (Å²) < 4.78 is 33.1. The van der Waals surface area contributed by atoms with Gasteiger partial charge >= 0.3 is 0 Å². The number of pyridine rings is 2. The molecule has 2 N–H and O–H groups in total. The minimum atomic E-state index is -3.84. The fourth-order valence-corrected chi connectivity index (χ4v) is 5.92. The molecule has 1 saturated heterocycles. The number of hydrogen-bond acceptors (Lipinski definition) is 10. The van der Waals surface area contributed by atoms with Crippen LogP contribution in [0.25, 0.3) is 10.9 Å². The van der Waals surface area contributed by atoms with Crippen LogP contribution in [0.3, 0.4) is 0 Å². The molecular weight excluding hydrogens is 606 g/mol. The van der Waals surface area contributed by atoms with Gasteiger partial charge in [0.05, 0.1) is 41.6 Å². The molecule has 0 bridgehead atoms. The third-order valence-corrected chi connectivity index (χ3v) is 8.14. The molecule has 1 aliphatic rings. The molecule has 1 aromatic carbocycles. The number of ether oxygens (including phenoxy) is 1. The average Bonchev–Trinajstić information content (AvgIpc) is 2.96. The predicted octanol–water partition coefficient (Wildman–Crippen LogP) is 3.90. The number of benzene rings is 1. The summed E-state index contributed by atoms with van der Waals surface area (Å²) in [6.45, 7) is 6.93. The molecule has 12 nitrogen and oxygen atoms in total. The van der Waals surface area contributed by atoms with Crippen molar-refractivity contribution in [3.63, 3.8) is 0 Å². The largest absolute Gasteiger partial charge is 0.487 e. The number of nitrogens with zero attached hydrogens (tertiary/aromatic N) is 5. The van der Waals surface area contributed by atoms with Gasteiger partial charge in [-0.1, -0.05) is 17.7 Å². The van der Waals surface area contributed by atoms with Gasteiger partial charge in [-0.05, 0) is 69.5 Å². The number of nitrogens with one attached hydrogen (secondary N) is 2. The van der Waals surface area contributed by atoms with Crippen LogP contribution in [0.1, 0.15) is 53.1 Å². The molecule has 4 heterocycles. The molecule has 232 valence electrons. The Morgan fingerprint density at radius 2 is 1.93 bits per heavy atom. The van der Waals surface area contributed by atoms with E-state index in [0.29, 0.717) is 35.7 Å². The lowest BCUT2D eigenvalue weighted by molar-refractivity contribution is 0.0977. The third kappa shape index (κ3) is 6.94. The molecule has 0 saturated carbocycles. The van der Waals surface area contributed by atoms with E-state index < -0.39 is 22.0 Å². The van der Waals surface area contributed by atoms with E-state index in [4.69, 9.17) is 21.3 Å². The second-order valence-corrected chi connectivity index (χ2v) is 13.2. The molecule has 5 rings (SSSR count). The van der Waals surface area contributed by atoms with Gasteiger partial charge in [-0.25, -0.2) is 23.1 Å². The number of rotatable bonds is 8. The first-order chi connectivity index (χ1) is 20.8. The summed E-state index contributed by atoms with van der Waals surface area (Å²) in [7, 11) is -2.12. The summed E-state index contributed by atoms with van der Waals surface area (Å²) in [6.07, 6.45) is 4.21. The Kier molecular flexibility index (Phi) is 8.80. The molecule has 0 radical (unpaired) electrons. The van der Waals surface area contributed by atoms with Gasteiger partial charge in [-0.3, -0.25) is 19.1 Å². The van der Waals surface area contributed by atoms with Gasteiger partial charge in [0.1, 0.15) is 17.0 Å². The lowest BCUT2D eigenvalue weighted by Crippen LogP contribution is -2.44. The Bertz CT molecular complexity index is 1900. The predicted molar refractivity (Wildman–Crippen MR) is 170 cm³/mol. The molecule has 14 heteroatoms. The fourth-order valence-electron chi connectivity index (χ4n) is 5.34. The molecule has 0 spiro atoms. The van der Waals surface area contributed by atoms with Crippen LogP contribution in [-0.2, 0) is 17.1 Å². The maximum absolute atomic E-state index is 13.7. The summed E-state index contributed by atoms with van der Waals surface area (Å²) in [5.41, 5.74) is 2.91. The van der Waals surface area contributed by atoms with Crippen molar-refractivity contribution in [1.29, 1.82) is 0 Å². The van der Waals surface area contributed by atoms with Crippen molar-refractivity contribution in [3.05, 3.63) is 80.6 Å². The van der Waals surface area contributed by atoms with Crippen LogP contribution < -0.4 is 25.2 Å². The first-order valence-corrected chi connectivity index (χ1v) is 16.4. The number of aromatic nitrogens is 4. The van der Waals surface area contributed by atoms with Crippen molar-refractivity contribution < 1.29 is 17.9 Å². The number of aryl methyl sites for hydroxylation is 2. The monoisotopic (exact) mass is 639 g/mol. The van der Waals surface area contributed by atoms with E-state index in [9.17, 15) is 18.0 Å². The maximum atomic E-state index is 13.7. The second kappa shape index (κ2) is 12.4. The van der Waals surface area contributed by atoms with Gasteiger partial charge in [0, 0.05) is 24.8 Å². The molecule has 4 aromatic rings. The van der Waals surface area contributed by atoms with Crippen LogP contribution >= 0.6 is 11.6 Å². The highest BCUT2D eigenvalue weighted by Crippen LogP contribution is 2.30. The zero-order valence-corrected chi connectivity index (χ0v) is 26.7. The van der Waals surface area contributed by atoms with Gasteiger partial charge in [0.15, 0.2) is 5.69 Å². The Morgan fingerprint density at radius 3 is 2.64 bits per heavy atom. The topological polar surface area (TPSA) is 148 Å². The van der Waals surface area contributed by atoms with Crippen LogP contribution in [0.5, 0.6) is 5.75 Å². The smallest absolute Gasteiger partial charge is 0.285 e. The van der Waals surface area contributed by atoms with E-state index in [1.165, 1.54) is 6.07 Å². The minimum absolute atomic E-state index is 0.0279. The number of amides is 1. The highest BCUT2D eigenvalue weighted by Gasteiger charge is 2.27. The Hall–Kier alpha value is -4.23. The molecule has 3 aromatic heterocycles. The van der Waals surface area contributed by atoms with Gasteiger partial charge in [0.2, 0.25) is 16.0 Å². The first kappa shape index (κ1) is 31.2. The Morgan fingerprint density at radius 1 is 1.16 bits per heavy atom. The highest BCUT2D eigenvalue weighted by molar-refractivity contribution is 7.89. The number of halogens is 1. The first-order valence-electron chi connectivity index (χ1n) is 14.1. The van der Waals surface area contributed by atoms with Gasteiger partial charge in [0.25, 0.3) is 11.5 Å². The molecule has 0 aliphatic carbocycles. The summed E-state index contributed by atoms with van der Waals surface area (Å²) >= 11 is 6.04. The maximum Gasteiger partial charge on any atom is 0.285 e. The van der Waals surface area contributed by atoms with Gasteiger partial charge < -0.3 is 15.0 Å². The van der Waals surface area contributed by atoms with E-state index in [2.05, 4.69) is 20.2 Å². The minimum Gasteiger partial charge on any atom is -0.487 e. The zero-order valence-electron chi connectivity index (χ0n) is 25.1. The molecule has 1 amide bonds. The molecule has 2 atom stereocenters. The van der Waals surface area contributed by atoms with Gasteiger partial charge in [-0.15, -0.1) is 0 Å². The van der Waals surface area contributed by atoms with Crippen molar-refractivity contribution in [2.75, 3.05) is 29.6 Å². The Balaban J connectivity index is 1.49. The van der Waals surface area contributed by atoms with Crippen LogP contribution in [0.4, 0.5) is 11.6 Å². The summed E-state index contributed by atoms with van der Waals surface area (Å²) in [6, 6.07) is 10.1. The van der Waals surface area contributed by atoms with Crippen LogP contribution in [0.2, 0.25) is 5.15 Å². The van der Waals surface area contributed by atoms with Crippen LogP contribution in [0, 0.1) is 13.8 Å². The molecule has 0 unspecified atom stereocenters. The quantitative estimate of drug-likeness (QED) is 0.272. The van der Waals surface area contributed by atoms with Crippen molar-refractivity contribution >= 4 is 50.1 Å². The Labute approximate surface area is 260 Å². The van der Waals surface area contributed by atoms with E-state index in [0.717, 1.165) is 35.9 Å². The zero-order chi connectivity index (χ0) is 31.8. The number of sulfonamides is 1. The van der Waals surface area contributed by atoms with E-state index in [1.807, 2.05) is 49.8 Å². The van der Waals surface area contributed by atoms with E-state index in [1.54, 1.807) is 23.9 Å². The average molecular weight is 640 g/mol. The standard InChI is InChI=1S/C30H34ClN7O5S/c1-17-13-22(19(3)33-24-10-11-25(31)34-27(24)28(39)36-44(5,41)42)26-23(14-17)29(40)37(4)30(35-26)38-12-6-7-21(16-38)43-20-9-8-18(2)32-15-20/h8-11,13-15,19,21,33H,6-7,12,16H2,1-5H3,(H,36,39)/t19-,21-/m1/s1. The van der Waals surface area contributed by atoms with Crippen molar-refractivity contribution in [1.82, 2.24) is 24.2 Å². The normalized spacial score (nSPS) is 16.0. The summed E-state index contributed by atoms with van der Waals surface area (Å²) in [5, 5.41) is 3.73. The number of hydrogen-bond donors (Lipinski definition) is 2. The number of fused-ring (bicyclic) bond motifs is 1. The number of anilines is 2. The van der Waals surface area contributed by atoms with Gasteiger partial charge in [-0.2, -0.15) is 0 Å². The second-order valence-electron chi connectivity index (χ2n) is 11.1. The van der Waals surface area contributed by atoms with E-state index in [-0.39, 0.29) is 28.2 Å².